The normalized spacial score (nSPS) is 18.5. The second-order valence-electron chi connectivity index (χ2n) is 26.6. The molecule has 29 heteroatoms. The van der Waals surface area contributed by atoms with E-state index >= 15 is 0 Å². The molecule has 28 nitrogen and oxygen atoms in total. The van der Waals surface area contributed by atoms with Gasteiger partial charge in [-0.3, -0.25) is 14.4 Å². The number of ether oxygens (including phenoxy) is 10. The van der Waals surface area contributed by atoms with Crippen molar-refractivity contribution < 1.29 is 90.8 Å². The van der Waals surface area contributed by atoms with Crippen LogP contribution in [0.15, 0.2) is 115 Å². The molecular formula is C82H104ClN9O19. The van der Waals surface area contributed by atoms with Gasteiger partial charge in [0.2, 0.25) is 25.2 Å². The quantitative estimate of drug-likeness (QED) is 0.0341. The molecule has 598 valence electrons. The molecule has 0 spiro atoms. The van der Waals surface area contributed by atoms with Crippen LogP contribution in [0.5, 0.6) is 0 Å². The number of hydrogen-bond acceptors (Lipinski definition) is 24. The van der Waals surface area contributed by atoms with E-state index in [2.05, 4.69) is 25.5 Å². The Labute approximate surface area is 653 Å². The predicted octanol–water partition coefficient (Wildman–Crippen LogP) is 10.6. The summed E-state index contributed by atoms with van der Waals surface area (Å²) in [7, 11) is 5.48. The van der Waals surface area contributed by atoms with Crippen LogP contribution in [0.25, 0.3) is 5.70 Å². The number of nitrogens with one attached hydrogen (secondary N) is 2. The first-order valence-corrected chi connectivity index (χ1v) is 37.2. The van der Waals surface area contributed by atoms with Crippen LogP contribution in [0, 0.1) is 41.5 Å². The number of rotatable bonds is 14. The van der Waals surface area contributed by atoms with Gasteiger partial charge in [0.15, 0.2) is 0 Å². The van der Waals surface area contributed by atoms with Gasteiger partial charge < -0.3 is 88.4 Å². The summed E-state index contributed by atoms with van der Waals surface area (Å²) in [4.78, 5) is 106. The van der Waals surface area contributed by atoms with Gasteiger partial charge in [-0.2, -0.15) is 4.98 Å². The van der Waals surface area contributed by atoms with Crippen LogP contribution in [-0.4, -0.2) is 213 Å². The number of aromatic nitrogens is 2. The summed E-state index contributed by atoms with van der Waals surface area (Å²) < 4.78 is 51.9. The number of nitrogens with two attached hydrogens (primary N) is 1. The average molecular weight is 1560 g/mol. The highest BCUT2D eigenvalue weighted by Crippen LogP contribution is 2.34. The zero-order valence-electron chi connectivity index (χ0n) is 64.9. The molecule has 4 fully saturated rings. The number of benzene rings is 5. The highest BCUT2D eigenvalue weighted by molar-refractivity contribution is 6.29. The molecule has 4 unspecified atom stereocenters. The van der Waals surface area contributed by atoms with E-state index in [0.29, 0.717) is 118 Å². The fraction of sp³-hybridized carbons (Fsp3) is 0.439. The molecule has 111 heavy (non-hydrogen) atoms. The first-order valence-electron chi connectivity index (χ1n) is 36.8. The van der Waals surface area contributed by atoms with Crippen LogP contribution in [0.1, 0.15) is 176 Å². The molecule has 6 aromatic rings. The van der Waals surface area contributed by atoms with Crippen molar-refractivity contribution in [1.82, 2.24) is 35.3 Å². The average Bonchev–Trinajstić information content (AvgIpc) is 1.78. The molecule has 0 aliphatic carbocycles. The second kappa shape index (κ2) is 45.7. The first kappa shape index (κ1) is 87.9. The van der Waals surface area contributed by atoms with Crippen LogP contribution in [0.2, 0.25) is 0 Å². The van der Waals surface area contributed by atoms with Crippen LogP contribution < -0.4 is 21.3 Å². The van der Waals surface area contributed by atoms with Crippen LogP contribution in [0.3, 0.4) is 0 Å². The van der Waals surface area contributed by atoms with E-state index in [-0.39, 0.29) is 48.0 Å². The highest BCUT2D eigenvalue weighted by Gasteiger charge is 2.29. The Morgan fingerprint density at radius 3 is 1.39 bits per heavy atom. The van der Waals surface area contributed by atoms with Gasteiger partial charge in [0, 0.05) is 69.9 Å². The number of halogens is 1. The number of nitrogens with zero attached hydrogens (tertiary/aromatic N) is 6. The number of anilines is 2. The lowest BCUT2D eigenvalue weighted by Crippen LogP contribution is -2.32. The molecule has 5 N–H and O–H groups in total. The molecule has 12 rings (SSSR count). The third kappa shape index (κ3) is 26.2. The molecule has 7 heterocycles. The number of nitrogen functional groups attached to an aromatic ring is 1. The number of aryl methyl sites for hydroxylation is 6. The molecule has 6 aliphatic rings. The van der Waals surface area contributed by atoms with Gasteiger partial charge >= 0.3 is 29.8 Å². The van der Waals surface area contributed by atoms with Crippen molar-refractivity contribution in [1.29, 1.82) is 0 Å². The number of aromatic carboxylic acids is 1. The number of esters is 4. The summed E-state index contributed by atoms with van der Waals surface area (Å²) in [5.41, 5.74) is 19.9. The molecule has 0 radical (unpaired) electrons. The molecule has 4 atom stereocenters. The lowest BCUT2D eigenvalue weighted by molar-refractivity contribution is -0.120. The lowest BCUT2D eigenvalue weighted by atomic mass is 9.97. The van der Waals surface area contributed by atoms with Crippen molar-refractivity contribution in [3.05, 3.63) is 204 Å². The summed E-state index contributed by atoms with van der Waals surface area (Å²) in [5.74, 6) is -1.30. The Bertz CT molecular complexity index is 4140. The number of carbonyl (C=O) groups excluding carboxylic acids is 7. The van der Waals surface area contributed by atoms with Gasteiger partial charge in [0.25, 0.3) is 0 Å². The smallest absolute Gasteiger partial charge is 0.337 e. The molecular weight excluding hydrogens is 1450 g/mol. The fourth-order valence-electron chi connectivity index (χ4n) is 12.8. The Hall–Kier alpha value is -10.3. The summed E-state index contributed by atoms with van der Waals surface area (Å²) in [6.45, 7) is 22.7. The van der Waals surface area contributed by atoms with Gasteiger partial charge in [-0.1, -0.05) is 41.9 Å². The number of amides is 3. The van der Waals surface area contributed by atoms with Gasteiger partial charge in [-0.25, -0.2) is 29.0 Å². The number of carbonyl (C=O) groups is 8. The summed E-state index contributed by atoms with van der Waals surface area (Å²) in [5, 5.41) is 16.2. The molecule has 3 amide bonds. The molecule has 4 saturated heterocycles. The van der Waals surface area contributed by atoms with Crippen molar-refractivity contribution in [2.75, 3.05) is 144 Å². The van der Waals surface area contributed by atoms with Crippen LogP contribution in [-0.2, 0) is 61.8 Å². The monoisotopic (exact) mass is 1550 g/mol. The van der Waals surface area contributed by atoms with Gasteiger partial charge in [-0.05, 0) is 204 Å². The third-order valence-corrected chi connectivity index (χ3v) is 19.2. The maximum Gasteiger partial charge on any atom is 0.337 e. The van der Waals surface area contributed by atoms with E-state index in [1.807, 2.05) is 90.1 Å². The maximum absolute atomic E-state index is 12.0. The number of hydrogen-bond donors (Lipinski definition) is 4. The van der Waals surface area contributed by atoms with Gasteiger partial charge in [-0.15, -0.1) is 0 Å². The van der Waals surface area contributed by atoms with Gasteiger partial charge in [0.05, 0.1) is 126 Å². The van der Waals surface area contributed by atoms with Gasteiger partial charge in [0.1, 0.15) is 23.5 Å². The maximum atomic E-state index is 12.0. The van der Waals surface area contributed by atoms with E-state index < -0.39 is 11.9 Å². The highest BCUT2D eigenvalue weighted by atomic mass is 35.5. The van der Waals surface area contributed by atoms with Crippen molar-refractivity contribution in [3.8, 4) is 0 Å². The fourth-order valence-corrected chi connectivity index (χ4v) is 13.0. The van der Waals surface area contributed by atoms with Crippen LogP contribution >= 0.6 is 11.6 Å². The lowest BCUT2D eigenvalue weighted by Gasteiger charge is -2.32. The molecule has 0 saturated carbocycles. The Balaban J connectivity index is 0.000000188. The van der Waals surface area contributed by atoms with Crippen molar-refractivity contribution in [2.45, 2.75) is 104 Å². The number of methoxy groups -OCH3 is 4. The molecule has 5 aromatic carbocycles. The minimum atomic E-state index is -0.888. The van der Waals surface area contributed by atoms with E-state index in [1.165, 1.54) is 39.6 Å². The molecule has 6 aliphatic heterocycles. The van der Waals surface area contributed by atoms with Crippen molar-refractivity contribution in [3.63, 3.8) is 0 Å². The summed E-state index contributed by atoms with van der Waals surface area (Å²) >= 11 is 5.62. The Kier molecular flexibility index (Phi) is 36.2. The SMILES string of the molecule is COC(=O)c1ccc(C)c(C2=COCCCN2C=O)c1.COC(=O)c1ccc(C)c(C2COCCCN2)c1.COC(=O)c1ccc(C)c(C2COCCCN2C=O)c1.COC(=O)c1ccc(C)c(C2COCCCN2c2cc(C)nc(N)n2)c1.Cc1ccc(C(=O)O)cc1C1COCCCN1.O=CN1CCCOC=C1Cl. The standard InChI is InChI=1S/C19H24N4O3.C15H19NO4.C15H17NO4.C14H19NO3.C13H17NO3.C6H8ClNO2/c1-12-5-6-14(18(24)25-3)10-15(12)16-11-26-8-4-7-23(16)17-9-13(2)21-19(20)22-17;2*1-11-4-5-12(15(18)19-2)8-13(11)14-9-20-7-3-6-16(14)10-17;1-10-4-5-11(14(16)17-2)8-12(10)13-9-18-7-3-6-15-13;1-9-3-4-10(13(15)16)7-11(9)12-8-17-6-2-5-14-12;7-6-4-10-3-1-2-8(6)5-9/h5-6,9-10,16H,4,7-8,11H2,1-3H3,(H2,20,21,22);4-5,8,10,14H,3,6-7,9H2,1-2H3;4-5,8-10H,3,6-7H2,1-2H3;4-5,8,13,15H,3,6-7,9H2,1-2H3;3-4,7,12,14H,2,5-6,8H2,1H3,(H,15,16);4-5H,1-3H2. The molecule has 0 bridgehead atoms. The number of carboxylic acid groups (broad SMARTS) is 1. The Morgan fingerprint density at radius 1 is 0.477 bits per heavy atom. The summed E-state index contributed by atoms with van der Waals surface area (Å²) in [6.07, 6.45) is 10.6. The zero-order valence-corrected chi connectivity index (χ0v) is 65.7. The van der Waals surface area contributed by atoms with Crippen molar-refractivity contribution in [2.24, 2.45) is 0 Å². The zero-order chi connectivity index (χ0) is 80.4. The van der Waals surface area contributed by atoms with E-state index in [4.69, 9.17) is 69.8 Å². The minimum absolute atomic E-state index is 0.0733. The minimum Gasteiger partial charge on any atom is -0.499 e. The number of carboxylic acids is 1. The Morgan fingerprint density at radius 2 is 0.892 bits per heavy atom. The predicted molar refractivity (Wildman–Crippen MR) is 417 cm³/mol. The summed E-state index contributed by atoms with van der Waals surface area (Å²) in [6, 6.07) is 29.0. The van der Waals surface area contributed by atoms with Crippen LogP contribution in [0.4, 0.5) is 11.8 Å². The topological polar surface area (TPSA) is 338 Å². The van der Waals surface area contributed by atoms with Crippen molar-refractivity contribution >= 4 is 78.1 Å². The third-order valence-electron chi connectivity index (χ3n) is 18.9. The largest absolute Gasteiger partial charge is 0.499 e. The van der Waals surface area contributed by atoms with E-state index in [0.717, 1.165) is 151 Å². The second-order valence-corrected chi connectivity index (χ2v) is 27.0. The first-order chi connectivity index (χ1) is 53.6. The molecule has 1 aromatic heterocycles. The van der Waals surface area contributed by atoms with E-state index in [1.54, 1.807) is 64.6 Å². The van der Waals surface area contributed by atoms with E-state index in [9.17, 15) is 38.4 Å².